The van der Waals surface area contributed by atoms with Gasteiger partial charge >= 0.3 is 12.1 Å². The third kappa shape index (κ3) is 4.54. The highest BCUT2D eigenvalue weighted by atomic mass is 16.6. The Morgan fingerprint density at radius 2 is 1.68 bits per heavy atom. The molecule has 1 atom stereocenters. The quantitative estimate of drug-likeness (QED) is 0.380. The van der Waals surface area contributed by atoms with E-state index in [2.05, 4.69) is 5.32 Å². The molecule has 3 aromatic rings. The number of alkyl carbamates (subject to hydrolysis) is 1. The number of methoxy groups -OCH3 is 1. The highest BCUT2D eigenvalue weighted by molar-refractivity contribution is 5.81. The summed E-state index contributed by atoms with van der Waals surface area (Å²) in [5.74, 6) is -1.24. The normalized spacial score (nSPS) is 12.9. The van der Waals surface area contributed by atoms with Crippen molar-refractivity contribution in [3.05, 3.63) is 93.5 Å². The number of rotatable bonds is 8. The lowest BCUT2D eigenvalue weighted by Gasteiger charge is -2.17. The number of ether oxygens (including phenoxy) is 2. The van der Waals surface area contributed by atoms with Gasteiger partial charge in [-0.15, -0.1) is 0 Å². The zero-order chi connectivity index (χ0) is 24.2. The molecule has 0 saturated heterocycles. The maximum Gasteiger partial charge on any atom is 0.407 e. The number of nitro groups is 1. The number of carbonyl (C=O) groups is 2. The van der Waals surface area contributed by atoms with Gasteiger partial charge < -0.3 is 19.9 Å². The Balaban J connectivity index is 1.46. The van der Waals surface area contributed by atoms with Crippen molar-refractivity contribution >= 4 is 17.7 Å². The summed E-state index contributed by atoms with van der Waals surface area (Å²) >= 11 is 0. The summed E-state index contributed by atoms with van der Waals surface area (Å²) in [6, 6.07) is 18.4. The van der Waals surface area contributed by atoms with E-state index in [-0.39, 0.29) is 35.9 Å². The van der Waals surface area contributed by atoms with E-state index in [1.54, 1.807) is 0 Å². The highest BCUT2D eigenvalue weighted by Crippen LogP contribution is 2.44. The van der Waals surface area contributed by atoms with Crippen molar-refractivity contribution in [2.24, 2.45) is 0 Å². The molecule has 3 aromatic carbocycles. The molecule has 1 aliphatic carbocycles. The zero-order valence-corrected chi connectivity index (χ0v) is 18.3. The molecule has 9 nitrogen and oxygen atoms in total. The number of hydrogen-bond acceptors (Lipinski definition) is 6. The van der Waals surface area contributed by atoms with Crippen molar-refractivity contribution in [1.82, 2.24) is 5.32 Å². The van der Waals surface area contributed by atoms with Gasteiger partial charge in [0.15, 0.2) is 0 Å². The van der Waals surface area contributed by atoms with Gasteiger partial charge in [-0.2, -0.15) is 0 Å². The summed E-state index contributed by atoms with van der Waals surface area (Å²) in [7, 11) is 1.37. The number of nitrogens with one attached hydrogen (secondary N) is 1. The van der Waals surface area contributed by atoms with E-state index in [1.165, 1.54) is 25.3 Å². The first-order valence-corrected chi connectivity index (χ1v) is 10.5. The van der Waals surface area contributed by atoms with Gasteiger partial charge in [-0.25, -0.2) is 9.59 Å². The first kappa shape index (κ1) is 22.8. The SMILES string of the molecule is COc1ccc(C[C@H](NC(=O)OCC2c3ccccc3-c3ccccc32)C(=O)O)c([N+](=O)[O-])c1. The van der Waals surface area contributed by atoms with Crippen LogP contribution in [-0.2, 0) is 16.0 Å². The molecular weight excluding hydrogens is 440 g/mol. The summed E-state index contributed by atoms with van der Waals surface area (Å²) in [4.78, 5) is 35.0. The first-order valence-electron chi connectivity index (χ1n) is 10.5. The minimum atomic E-state index is -1.41. The molecule has 0 aromatic heterocycles. The van der Waals surface area contributed by atoms with Crippen LogP contribution in [0.3, 0.4) is 0 Å². The number of carboxylic acid groups (broad SMARTS) is 1. The molecule has 0 unspecified atom stereocenters. The van der Waals surface area contributed by atoms with Crippen molar-refractivity contribution in [3.8, 4) is 16.9 Å². The topological polar surface area (TPSA) is 128 Å². The minimum Gasteiger partial charge on any atom is -0.497 e. The standard InChI is InChI=1S/C25H22N2O7/c1-33-16-11-10-15(23(13-16)27(31)32)12-22(24(28)29)26-25(30)34-14-21-19-8-4-2-6-17(19)18-7-3-5-9-20(18)21/h2-11,13,21-22H,12,14H2,1H3,(H,26,30)(H,28,29)/t22-/m0/s1. The Morgan fingerprint density at radius 3 is 2.24 bits per heavy atom. The van der Waals surface area contributed by atoms with Gasteiger partial charge in [0, 0.05) is 17.9 Å². The van der Waals surface area contributed by atoms with E-state index in [0.717, 1.165) is 22.3 Å². The highest BCUT2D eigenvalue weighted by Gasteiger charge is 2.30. The number of fused-ring (bicyclic) bond motifs is 3. The van der Waals surface area contributed by atoms with Crippen LogP contribution in [0.4, 0.5) is 10.5 Å². The van der Waals surface area contributed by atoms with Gasteiger partial charge in [-0.05, 0) is 34.4 Å². The lowest BCUT2D eigenvalue weighted by molar-refractivity contribution is -0.385. The van der Waals surface area contributed by atoms with E-state index in [1.807, 2.05) is 48.5 Å². The van der Waals surface area contributed by atoms with Crippen LogP contribution in [-0.4, -0.2) is 41.9 Å². The maximum absolute atomic E-state index is 12.5. The number of carboxylic acids is 1. The van der Waals surface area contributed by atoms with Gasteiger partial charge in [0.25, 0.3) is 5.69 Å². The molecule has 0 bridgehead atoms. The van der Waals surface area contributed by atoms with Crippen LogP contribution in [0.15, 0.2) is 66.7 Å². The number of hydrogen-bond donors (Lipinski definition) is 2. The maximum atomic E-state index is 12.5. The van der Waals surface area contributed by atoms with Crippen molar-refractivity contribution in [3.63, 3.8) is 0 Å². The van der Waals surface area contributed by atoms with Crippen LogP contribution >= 0.6 is 0 Å². The monoisotopic (exact) mass is 462 g/mol. The average Bonchev–Trinajstić information content (AvgIpc) is 3.16. The molecule has 1 aliphatic rings. The summed E-state index contributed by atoms with van der Waals surface area (Å²) in [5, 5.41) is 23.3. The zero-order valence-electron chi connectivity index (χ0n) is 18.3. The van der Waals surface area contributed by atoms with E-state index in [0.29, 0.717) is 0 Å². The summed E-state index contributed by atoms with van der Waals surface area (Å²) in [6.45, 7) is 0.0227. The third-order valence-corrected chi connectivity index (χ3v) is 5.85. The van der Waals surface area contributed by atoms with Crippen LogP contribution in [0.25, 0.3) is 11.1 Å². The third-order valence-electron chi connectivity index (χ3n) is 5.85. The van der Waals surface area contributed by atoms with E-state index >= 15 is 0 Å². The minimum absolute atomic E-state index is 0.0227. The van der Waals surface area contributed by atoms with Crippen molar-refractivity contribution in [1.29, 1.82) is 0 Å². The smallest absolute Gasteiger partial charge is 0.407 e. The van der Waals surface area contributed by atoms with Gasteiger partial charge in [0.2, 0.25) is 0 Å². The van der Waals surface area contributed by atoms with E-state index < -0.39 is 23.0 Å². The van der Waals surface area contributed by atoms with Crippen molar-refractivity contribution in [2.75, 3.05) is 13.7 Å². The number of benzene rings is 3. The largest absolute Gasteiger partial charge is 0.497 e. The number of amides is 1. The van der Waals surface area contributed by atoms with Crippen LogP contribution in [0.2, 0.25) is 0 Å². The Labute approximate surface area is 195 Å². The molecule has 4 rings (SSSR count). The molecule has 1 amide bonds. The summed E-state index contributed by atoms with van der Waals surface area (Å²) < 4.78 is 10.4. The molecule has 34 heavy (non-hydrogen) atoms. The van der Waals surface area contributed by atoms with Crippen LogP contribution in [0.1, 0.15) is 22.6 Å². The van der Waals surface area contributed by atoms with E-state index in [9.17, 15) is 24.8 Å². The van der Waals surface area contributed by atoms with Crippen molar-refractivity contribution in [2.45, 2.75) is 18.4 Å². The number of nitrogens with zero attached hydrogens (tertiary/aromatic N) is 1. The molecule has 0 saturated carbocycles. The second-order valence-corrected chi connectivity index (χ2v) is 7.82. The van der Waals surface area contributed by atoms with Crippen LogP contribution < -0.4 is 10.1 Å². The molecule has 0 heterocycles. The molecule has 0 aliphatic heterocycles. The van der Waals surface area contributed by atoms with E-state index in [4.69, 9.17) is 9.47 Å². The summed E-state index contributed by atoms with van der Waals surface area (Å²) in [6.07, 6.45) is -1.20. The Hall–Kier alpha value is -4.40. The van der Waals surface area contributed by atoms with Gasteiger partial charge in [-0.1, -0.05) is 48.5 Å². The molecular formula is C25H22N2O7. The number of nitro benzene ring substituents is 1. The number of carbonyl (C=O) groups excluding carboxylic acids is 1. The Kier molecular flexibility index (Phi) is 6.44. The second kappa shape index (κ2) is 9.62. The van der Waals surface area contributed by atoms with Crippen molar-refractivity contribution < 1.29 is 29.1 Å². The lowest BCUT2D eigenvalue weighted by atomic mass is 9.98. The molecule has 174 valence electrons. The van der Waals surface area contributed by atoms with Gasteiger partial charge in [0.05, 0.1) is 18.1 Å². The fourth-order valence-electron chi connectivity index (χ4n) is 4.22. The second-order valence-electron chi connectivity index (χ2n) is 7.82. The first-order chi connectivity index (χ1) is 16.4. The number of aliphatic carboxylic acids is 1. The summed E-state index contributed by atoms with van der Waals surface area (Å²) in [5.41, 5.74) is 4.06. The van der Waals surface area contributed by atoms with Gasteiger partial charge in [0.1, 0.15) is 18.4 Å². The fraction of sp³-hybridized carbons (Fsp3) is 0.200. The molecule has 0 spiro atoms. The predicted octanol–water partition coefficient (Wildman–Crippen LogP) is 4.14. The molecule has 9 heteroatoms. The predicted molar refractivity (Wildman–Crippen MR) is 123 cm³/mol. The lowest BCUT2D eigenvalue weighted by Crippen LogP contribution is -2.43. The van der Waals surface area contributed by atoms with Crippen LogP contribution in [0, 0.1) is 10.1 Å². The Bertz CT molecular complexity index is 1210. The molecule has 0 radical (unpaired) electrons. The molecule has 0 fully saturated rings. The average molecular weight is 462 g/mol. The fourth-order valence-corrected chi connectivity index (χ4v) is 4.22. The van der Waals surface area contributed by atoms with Gasteiger partial charge in [-0.3, -0.25) is 10.1 Å². The van der Waals surface area contributed by atoms with Crippen LogP contribution in [0.5, 0.6) is 5.75 Å². The Morgan fingerprint density at radius 1 is 1.06 bits per heavy atom. The molecule has 2 N–H and O–H groups in total.